The van der Waals surface area contributed by atoms with Crippen LogP contribution in [-0.2, 0) is 16.4 Å². The molecule has 0 aliphatic rings. The van der Waals surface area contributed by atoms with E-state index in [9.17, 15) is 22.0 Å². The number of ether oxygens (including phenoxy) is 1. The molecule has 2 aromatic carbocycles. The summed E-state index contributed by atoms with van der Waals surface area (Å²) in [7, 11) is -3.31. The summed E-state index contributed by atoms with van der Waals surface area (Å²) in [5, 5.41) is 2.66. The van der Waals surface area contributed by atoms with E-state index in [1.54, 1.807) is 12.1 Å². The number of amides is 1. The van der Waals surface area contributed by atoms with Gasteiger partial charge in [-0.3, -0.25) is 4.79 Å². The van der Waals surface area contributed by atoms with Crippen molar-refractivity contribution in [3.8, 4) is 5.75 Å². The van der Waals surface area contributed by atoms with Gasteiger partial charge in [0, 0.05) is 18.4 Å². The Morgan fingerprint density at radius 1 is 1.08 bits per heavy atom. The van der Waals surface area contributed by atoms with Crippen LogP contribution < -0.4 is 10.1 Å². The van der Waals surface area contributed by atoms with E-state index in [1.165, 1.54) is 36.4 Å². The lowest BCUT2D eigenvalue weighted by atomic mass is 10.2. The first-order valence-electron chi connectivity index (χ1n) is 6.88. The second-order valence-electron chi connectivity index (χ2n) is 5.00. The summed E-state index contributed by atoms with van der Waals surface area (Å²) in [6, 6.07) is 11.5. The molecule has 0 saturated heterocycles. The van der Waals surface area contributed by atoms with Crippen LogP contribution in [0.3, 0.4) is 0 Å². The number of rotatable bonds is 6. The molecule has 24 heavy (non-hydrogen) atoms. The van der Waals surface area contributed by atoms with Crippen molar-refractivity contribution < 1.29 is 26.7 Å². The first-order valence-corrected chi connectivity index (χ1v) is 8.77. The van der Waals surface area contributed by atoms with Crippen LogP contribution in [0.2, 0.25) is 0 Å². The van der Waals surface area contributed by atoms with Gasteiger partial charge in [-0.1, -0.05) is 12.1 Å². The second-order valence-corrected chi connectivity index (χ2v) is 7.02. The molecule has 0 atom stereocenters. The molecule has 0 unspecified atom stereocenters. The highest BCUT2D eigenvalue weighted by Gasteiger charge is 2.10. The normalized spacial score (nSPS) is 11.3. The van der Waals surface area contributed by atoms with Crippen LogP contribution in [-0.4, -0.2) is 27.2 Å². The van der Waals surface area contributed by atoms with Crippen molar-refractivity contribution in [3.63, 3.8) is 0 Å². The Balaban J connectivity index is 1.95. The molecule has 0 aliphatic heterocycles. The van der Waals surface area contributed by atoms with Crippen LogP contribution in [0.4, 0.5) is 8.78 Å². The Kier molecular flexibility index (Phi) is 5.50. The summed E-state index contributed by atoms with van der Waals surface area (Å²) in [6.45, 7) is -2.69. The lowest BCUT2D eigenvalue weighted by Gasteiger charge is -2.08. The first kappa shape index (κ1) is 17.9. The maximum Gasteiger partial charge on any atom is 0.387 e. The zero-order valence-electron chi connectivity index (χ0n) is 12.7. The van der Waals surface area contributed by atoms with Gasteiger partial charge in [-0.25, -0.2) is 8.42 Å². The molecule has 0 saturated carbocycles. The number of nitrogens with one attached hydrogen (secondary N) is 1. The van der Waals surface area contributed by atoms with E-state index in [1.807, 2.05) is 0 Å². The third-order valence-electron chi connectivity index (χ3n) is 3.15. The average molecular weight is 355 g/mol. The summed E-state index contributed by atoms with van der Waals surface area (Å²) in [6.07, 6.45) is 1.09. The molecule has 5 nitrogen and oxygen atoms in total. The number of alkyl halides is 2. The Hall–Kier alpha value is -2.48. The maximum absolute atomic E-state index is 12.0. The third-order valence-corrected chi connectivity index (χ3v) is 4.27. The van der Waals surface area contributed by atoms with Gasteiger partial charge in [0.1, 0.15) is 5.75 Å². The van der Waals surface area contributed by atoms with Gasteiger partial charge in [-0.15, -0.1) is 0 Å². The molecular formula is C16H15F2NO4S. The SMILES string of the molecule is CS(=O)(=O)c1ccc(C(=O)NCc2ccc(OC(F)F)cc2)cc1. The Labute approximate surface area is 138 Å². The van der Waals surface area contributed by atoms with Crippen LogP contribution in [0, 0.1) is 0 Å². The fourth-order valence-electron chi connectivity index (χ4n) is 1.93. The van der Waals surface area contributed by atoms with Gasteiger partial charge in [0.2, 0.25) is 0 Å². The lowest BCUT2D eigenvalue weighted by Crippen LogP contribution is -2.22. The Morgan fingerprint density at radius 3 is 2.17 bits per heavy atom. The predicted octanol–water partition coefficient (Wildman–Crippen LogP) is 2.62. The van der Waals surface area contributed by atoms with Gasteiger partial charge in [-0.2, -0.15) is 8.78 Å². The van der Waals surface area contributed by atoms with Crippen LogP contribution in [0.1, 0.15) is 15.9 Å². The highest BCUT2D eigenvalue weighted by atomic mass is 32.2. The van der Waals surface area contributed by atoms with Crippen LogP contribution in [0.25, 0.3) is 0 Å². The molecule has 0 fully saturated rings. The van der Waals surface area contributed by atoms with E-state index in [2.05, 4.69) is 10.1 Å². The number of sulfone groups is 1. The van der Waals surface area contributed by atoms with Gasteiger partial charge < -0.3 is 10.1 Å². The van der Waals surface area contributed by atoms with Crippen LogP contribution in [0.5, 0.6) is 5.75 Å². The van der Waals surface area contributed by atoms with E-state index in [0.717, 1.165) is 6.26 Å². The van der Waals surface area contributed by atoms with Crippen molar-refractivity contribution in [2.45, 2.75) is 18.1 Å². The van der Waals surface area contributed by atoms with Gasteiger partial charge in [0.15, 0.2) is 9.84 Å². The molecule has 8 heteroatoms. The fourth-order valence-corrected chi connectivity index (χ4v) is 2.56. The number of halogens is 2. The molecule has 0 aromatic heterocycles. The first-order chi connectivity index (χ1) is 11.3. The number of hydrogen-bond acceptors (Lipinski definition) is 4. The van der Waals surface area contributed by atoms with Crippen molar-refractivity contribution in [3.05, 3.63) is 59.7 Å². The number of carbonyl (C=O) groups excluding carboxylic acids is 1. The molecule has 1 amide bonds. The van der Waals surface area contributed by atoms with E-state index in [0.29, 0.717) is 11.1 Å². The van der Waals surface area contributed by atoms with Crippen molar-refractivity contribution >= 4 is 15.7 Å². The van der Waals surface area contributed by atoms with Gasteiger partial charge in [-0.05, 0) is 42.0 Å². The lowest BCUT2D eigenvalue weighted by molar-refractivity contribution is -0.0498. The quantitative estimate of drug-likeness (QED) is 0.865. The topological polar surface area (TPSA) is 72.5 Å². The number of carbonyl (C=O) groups is 1. The largest absolute Gasteiger partial charge is 0.435 e. The number of hydrogen-bond donors (Lipinski definition) is 1. The predicted molar refractivity (Wildman–Crippen MR) is 83.8 cm³/mol. The van der Waals surface area contributed by atoms with Gasteiger partial charge in [0.05, 0.1) is 4.90 Å². The summed E-state index contributed by atoms with van der Waals surface area (Å²) in [5.74, 6) is -0.334. The minimum Gasteiger partial charge on any atom is -0.435 e. The smallest absolute Gasteiger partial charge is 0.387 e. The molecule has 128 valence electrons. The second kappa shape index (κ2) is 7.39. The van der Waals surface area contributed by atoms with E-state index >= 15 is 0 Å². The molecule has 0 bridgehead atoms. The van der Waals surface area contributed by atoms with Gasteiger partial charge >= 0.3 is 6.61 Å². The standard InChI is InChI=1S/C16H15F2NO4S/c1-24(21,22)14-8-4-12(5-9-14)15(20)19-10-11-2-6-13(7-3-11)23-16(17)18/h2-9,16H,10H2,1H3,(H,19,20). The minimum absolute atomic E-state index is 0.0384. The molecule has 1 N–H and O–H groups in total. The monoisotopic (exact) mass is 355 g/mol. The highest BCUT2D eigenvalue weighted by Crippen LogP contribution is 2.15. The molecular weight excluding hydrogens is 340 g/mol. The summed E-state index contributed by atoms with van der Waals surface area (Å²) >= 11 is 0. The van der Waals surface area contributed by atoms with Crippen molar-refractivity contribution in [2.24, 2.45) is 0 Å². The molecule has 0 spiro atoms. The molecule has 2 aromatic rings. The summed E-state index contributed by atoms with van der Waals surface area (Å²) in [4.78, 5) is 12.1. The van der Waals surface area contributed by atoms with E-state index in [4.69, 9.17) is 0 Å². The zero-order valence-corrected chi connectivity index (χ0v) is 13.5. The molecule has 2 rings (SSSR count). The van der Waals surface area contributed by atoms with E-state index in [-0.39, 0.29) is 23.1 Å². The van der Waals surface area contributed by atoms with Crippen LogP contribution in [0.15, 0.2) is 53.4 Å². The van der Waals surface area contributed by atoms with Crippen LogP contribution >= 0.6 is 0 Å². The number of benzene rings is 2. The average Bonchev–Trinajstić information content (AvgIpc) is 2.52. The molecule has 0 heterocycles. The fraction of sp³-hybridized carbons (Fsp3) is 0.188. The summed E-state index contributed by atoms with van der Waals surface area (Å²) < 4.78 is 51.1. The van der Waals surface area contributed by atoms with Crippen molar-refractivity contribution in [1.82, 2.24) is 5.32 Å². The Morgan fingerprint density at radius 2 is 1.67 bits per heavy atom. The van der Waals surface area contributed by atoms with Crippen molar-refractivity contribution in [1.29, 1.82) is 0 Å². The molecule has 0 radical (unpaired) electrons. The summed E-state index contributed by atoms with van der Waals surface area (Å²) in [5.41, 5.74) is 1.03. The maximum atomic E-state index is 12.0. The van der Waals surface area contributed by atoms with Crippen molar-refractivity contribution in [2.75, 3.05) is 6.26 Å². The third kappa shape index (κ3) is 5.02. The minimum atomic E-state index is -3.31. The Bertz CT molecular complexity index is 803. The van der Waals surface area contributed by atoms with Gasteiger partial charge in [0.25, 0.3) is 5.91 Å². The van der Waals surface area contributed by atoms with E-state index < -0.39 is 16.4 Å². The molecule has 0 aliphatic carbocycles. The highest BCUT2D eigenvalue weighted by molar-refractivity contribution is 7.90. The zero-order chi connectivity index (χ0) is 17.7.